The Morgan fingerprint density at radius 1 is 1.24 bits per heavy atom. The molecule has 1 aliphatic carbocycles. The molecule has 5 heteroatoms. The van der Waals surface area contributed by atoms with Gasteiger partial charge in [0.25, 0.3) is 0 Å². The summed E-state index contributed by atoms with van der Waals surface area (Å²) in [7, 11) is 0. The van der Waals surface area contributed by atoms with Crippen LogP contribution in [0.3, 0.4) is 0 Å². The van der Waals surface area contributed by atoms with E-state index in [4.69, 9.17) is 4.74 Å². The number of urea groups is 1. The summed E-state index contributed by atoms with van der Waals surface area (Å²) in [6, 6.07) is -0.0516. The summed E-state index contributed by atoms with van der Waals surface area (Å²) < 4.78 is 5.22. The van der Waals surface area contributed by atoms with Gasteiger partial charge in [-0.3, -0.25) is 0 Å². The monoisotopic (exact) mass is 242 g/mol. The number of carbonyl (C=O) groups excluding carboxylic acids is 1. The zero-order valence-corrected chi connectivity index (χ0v) is 10.3. The van der Waals surface area contributed by atoms with Crippen molar-refractivity contribution in [3.63, 3.8) is 0 Å². The third kappa shape index (κ3) is 3.10. The fourth-order valence-electron chi connectivity index (χ4n) is 2.62. The van der Waals surface area contributed by atoms with Crippen LogP contribution < -0.4 is 5.32 Å². The van der Waals surface area contributed by atoms with Crippen LogP contribution in [0.25, 0.3) is 0 Å². The normalized spacial score (nSPS) is 24.4. The van der Waals surface area contributed by atoms with Crippen LogP contribution in [0, 0.1) is 0 Å². The van der Waals surface area contributed by atoms with Crippen LogP contribution in [-0.4, -0.2) is 54.5 Å². The van der Waals surface area contributed by atoms with Gasteiger partial charge in [0.15, 0.2) is 0 Å². The van der Waals surface area contributed by atoms with E-state index in [9.17, 15) is 9.90 Å². The van der Waals surface area contributed by atoms with Gasteiger partial charge in [0.2, 0.25) is 0 Å². The second-order valence-electron chi connectivity index (χ2n) is 5.03. The molecular weight excluding hydrogens is 220 g/mol. The maximum atomic E-state index is 12.1. The highest BCUT2D eigenvalue weighted by Gasteiger charge is 2.34. The fourth-order valence-corrected chi connectivity index (χ4v) is 2.62. The number of amides is 2. The third-order valence-electron chi connectivity index (χ3n) is 3.78. The van der Waals surface area contributed by atoms with Gasteiger partial charge in [0.1, 0.15) is 0 Å². The Morgan fingerprint density at radius 2 is 1.88 bits per heavy atom. The molecule has 17 heavy (non-hydrogen) atoms. The second kappa shape index (κ2) is 5.69. The second-order valence-corrected chi connectivity index (χ2v) is 5.03. The molecule has 0 radical (unpaired) electrons. The van der Waals surface area contributed by atoms with E-state index in [1.807, 2.05) is 0 Å². The number of morpholine rings is 1. The van der Waals surface area contributed by atoms with Gasteiger partial charge in [0.05, 0.1) is 25.4 Å². The first-order valence-electron chi connectivity index (χ1n) is 6.51. The highest BCUT2D eigenvalue weighted by atomic mass is 16.5. The van der Waals surface area contributed by atoms with Crippen molar-refractivity contribution in [2.24, 2.45) is 0 Å². The summed E-state index contributed by atoms with van der Waals surface area (Å²) >= 11 is 0. The minimum Gasteiger partial charge on any atom is -0.394 e. The first kappa shape index (κ1) is 12.6. The van der Waals surface area contributed by atoms with Crippen LogP contribution in [0.1, 0.15) is 32.1 Å². The van der Waals surface area contributed by atoms with E-state index in [0.29, 0.717) is 26.3 Å². The molecule has 2 amide bonds. The van der Waals surface area contributed by atoms with E-state index in [1.54, 1.807) is 4.90 Å². The van der Waals surface area contributed by atoms with Crippen molar-refractivity contribution in [1.29, 1.82) is 0 Å². The fraction of sp³-hybridized carbons (Fsp3) is 0.917. The molecule has 0 spiro atoms. The van der Waals surface area contributed by atoms with Crippen molar-refractivity contribution in [1.82, 2.24) is 10.2 Å². The summed E-state index contributed by atoms with van der Waals surface area (Å²) in [5, 5.41) is 12.6. The lowest BCUT2D eigenvalue weighted by atomic mass is 9.82. The Balaban J connectivity index is 1.90. The Labute approximate surface area is 102 Å². The van der Waals surface area contributed by atoms with Gasteiger partial charge in [-0.15, -0.1) is 0 Å². The van der Waals surface area contributed by atoms with Gasteiger partial charge < -0.3 is 20.1 Å². The van der Waals surface area contributed by atoms with Crippen molar-refractivity contribution in [3.05, 3.63) is 0 Å². The maximum Gasteiger partial charge on any atom is 0.318 e. The number of aliphatic hydroxyl groups is 1. The first-order chi connectivity index (χ1) is 8.26. The van der Waals surface area contributed by atoms with E-state index < -0.39 is 0 Å². The lowest BCUT2D eigenvalue weighted by molar-refractivity contribution is 0.0463. The summed E-state index contributed by atoms with van der Waals surface area (Å²) in [6.07, 6.45) is 5.15. The molecule has 0 aromatic carbocycles. The SMILES string of the molecule is O=C(NC1(CO)CCCCC1)N1CCOCC1. The molecule has 2 aliphatic rings. The molecule has 1 heterocycles. The molecular formula is C12H22N2O3. The first-order valence-corrected chi connectivity index (χ1v) is 6.51. The molecule has 1 aliphatic heterocycles. The number of nitrogens with one attached hydrogen (secondary N) is 1. The Morgan fingerprint density at radius 3 is 2.47 bits per heavy atom. The topological polar surface area (TPSA) is 61.8 Å². The van der Waals surface area contributed by atoms with Crippen LogP contribution in [0.15, 0.2) is 0 Å². The average molecular weight is 242 g/mol. The van der Waals surface area contributed by atoms with Crippen molar-refractivity contribution in [2.45, 2.75) is 37.6 Å². The Bertz CT molecular complexity index is 258. The lowest BCUT2D eigenvalue weighted by Crippen LogP contribution is -2.57. The molecule has 2 rings (SSSR count). The van der Waals surface area contributed by atoms with Crippen LogP contribution in [0.2, 0.25) is 0 Å². The van der Waals surface area contributed by atoms with Gasteiger partial charge in [-0.05, 0) is 12.8 Å². The summed E-state index contributed by atoms with van der Waals surface area (Å²) in [4.78, 5) is 13.9. The zero-order chi connectivity index (χ0) is 12.1. The minimum atomic E-state index is -0.381. The van der Waals surface area contributed by atoms with E-state index in [1.165, 1.54) is 6.42 Å². The maximum absolute atomic E-state index is 12.1. The molecule has 0 bridgehead atoms. The number of rotatable bonds is 2. The lowest BCUT2D eigenvalue weighted by Gasteiger charge is -2.39. The van der Waals surface area contributed by atoms with Crippen molar-refractivity contribution in [2.75, 3.05) is 32.9 Å². The molecule has 0 aromatic heterocycles. The van der Waals surface area contributed by atoms with Crippen molar-refractivity contribution >= 4 is 6.03 Å². The molecule has 98 valence electrons. The highest BCUT2D eigenvalue weighted by molar-refractivity contribution is 5.75. The average Bonchev–Trinajstić information content (AvgIpc) is 2.41. The van der Waals surface area contributed by atoms with Gasteiger partial charge in [-0.1, -0.05) is 19.3 Å². The molecule has 2 fully saturated rings. The molecule has 1 saturated heterocycles. The highest BCUT2D eigenvalue weighted by Crippen LogP contribution is 2.27. The van der Waals surface area contributed by atoms with Gasteiger partial charge >= 0.3 is 6.03 Å². The number of nitrogens with zero attached hydrogens (tertiary/aromatic N) is 1. The predicted octanol–water partition coefficient (Wildman–Crippen LogP) is 0.723. The molecule has 0 unspecified atom stereocenters. The molecule has 0 aromatic rings. The summed E-state index contributed by atoms with van der Waals surface area (Å²) in [5.41, 5.74) is -0.381. The summed E-state index contributed by atoms with van der Waals surface area (Å²) in [6.45, 7) is 2.56. The number of hydrogen-bond donors (Lipinski definition) is 2. The van der Waals surface area contributed by atoms with E-state index in [2.05, 4.69) is 5.32 Å². The van der Waals surface area contributed by atoms with Crippen LogP contribution in [0.5, 0.6) is 0 Å². The largest absolute Gasteiger partial charge is 0.394 e. The van der Waals surface area contributed by atoms with E-state index in [0.717, 1.165) is 25.7 Å². The van der Waals surface area contributed by atoms with Crippen molar-refractivity contribution in [3.8, 4) is 0 Å². The molecule has 2 N–H and O–H groups in total. The van der Waals surface area contributed by atoms with Gasteiger partial charge in [-0.2, -0.15) is 0 Å². The number of aliphatic hydroxyl groups excluding tert-OH is 1. The quantitative estimate of drug-likeness (QED) is 0.750. The minimum absolute atomic E-state index is 0.0447. The zero-order valence-electron chi connectivity index (χ0n) is 10.3. The third-order valence-corrected chi connectivity index (χ3v) is 3.78. The van der Waals surface area contributed by atoms with Crippen LogP contribution in [-0.2, 0) is 4.74 Å². The summed E-state index contributed by atoms with van der Waals surface area (Å²) in [5.74, 6) is 0. The molecule has 5 nitrogen and oxygen atoms in total. The van der Waals surface area contributed by atoms with Crippen LogP contribution >= 0.6 is 0 Å². The molecule has 0 atom stereocenters. The Hall–Kier alpha value is -0.810. The molecule has 1 saturated carbocycles. The van der Waals surface area contributed by atoms with Gasteiger partial charge in [-0.25, -0.2) is 4.79 Å². The smallest absolute Gasteiger partial charge is 0.318 e. The standard InChI is InChI=1S/C12H22N2O3/c15-10-12(4-2-1-3-5-12)13-11(16)14-6-8-17-9-7-14/h15H,1-10H2,(H,13,16). The van der Waals surface area contributed by atoms with Crippen LogP contribution in [0.4, 0.5) is 4.79 Å². The van der Waals surface area contributed by atoms with E-state index in [-0.39, 0.29) is 18.2 Å². The predicted molar refractivity (Wildman–Crippen MR) is 63.8 cm³/mol. The Kier molecular flexibility index (Phi) is 4.23. The van der Waals surface area contributed by atoms with Gasteiger partial charge in [0, 0.05) is 13.1 Å². The number of carbonyl (C=O) groups is 1. The van der Waals surface area contributed by atoms with Crippen molar-refractivity contribution < 1.29 is 14.6 Å². The number of hydrogen-bond acceptors (Lipinski definition) is 3. The van der Waals surface area contributed by atoms with E-state index >= 15 is 0 Å². The number of ether oxygens (including phenoxy) is 1.